The van der Waals surface area contributed by atoms with Gasteiger partial charge in [0.25, 0.3) is 0 Å². The number of nitrogens with zero attached hydrogens (tertiary/aromatic N) is 1. The van der Waals surface area contributed by atoms with Crippen LogP contribution in [0.25, 0.3) is 0 Å². The molecule has 2 unspecified atom stereocenters. The molecule has 1 heterocycles. The summed E-state index contributed by atoms with van der Waals surface area (Å²) in [6.45, 7) is 9.63. The average Bonchev–Trinajstić information content (AvgIpc) is 2.27. The Kier molecular flexibility index (Phi) is 4.11. The molecule has 2 fully saturated rings. The molecule has 0 radical (unpaired) electrons. The van der Waals surface area contributed by atoms with E-state index in [-0.39, 0.29) is 5.54 Å². The van der Waals surface area contributed by atoms with Gasteiger partial charge >= 0.3 is 0 Å². The van der Waals surface area contributed by atoms with Gasteiger partial charge in [-0.25, -0.2) is 0 Å². The summed E-state index contributed by atoms with van der Waals surface area (Å²) in [5.74, 6) is 0.820. The van der Waals surface area contributed by atoms with Gasteiger partial charge in [-0.15, -0.1) is 0 Å². The van der Waals surface area contributed by atoms with Crippen LogP contribution in [-0.2, 0) is 4.74 Å². The molecule has 0 spiro atoms. The molecule has 0 aromatic rings. The minimum Gasteiger partial charge on any atom is -0.378 e. The number of rotatable bonds is 4. The van der Waals surface area contributed by atoms with Gasteiger partial charge in [-0.2, -0.15) is 0 Å². The molecule has 2 rings (SSSR count). The summed E-state index contributed by atoms with van der Waals surface area (Å²) in [6.07, 6.45) is 5.41. The van der Waals surface area contributed by atoms with E-state index in [1.165, 1.54) is 19.4 Å². The zero-order chi connectivity index (χ0) is 12.5. The third kappa shape index (κ3) is 2.51. The van der Waals surface area contributed by atoms with Crippen LogP contribution in [0.15, 0.2) is 0 Å². The zero-order valence-electron chi connectivity index (χ0n) is 11.6. The van der Waals surface area contributed by atoms with Crippen LogP contribution in [0.3, 0.4) is 0 Å². The second-order valence-corrected chi connectivity index (χ2v) is 6.10. The molecular formula is C14H28N2O. The van der Waals surface area contributed by atoms with Crippen LogP contribution in [0.1, 0.15) is 46.5 Å². The van der Waals surface area contributed by atoms with Gasteiger partial charge in [-0.1, -0.05) is 6.92 Å². The Morgan fingerprint density at radius 1 is 1.29 bits per heavy atom. The van der Waals surface area contributed by atoms with Crippen LogP contribution in [0, 0.1) is 5.92 Å². The molecule has 1 saturated carbocycles. The lowest BCUT2D eigenvalue weighted by Crippen LogP contribution is -2.67. The Morgan fingerprint density at radius 3 is 2.59 bits per heavy atom. The number of nitrogens with two attached hydrogens (primary N) is 1. The third-order valence-corrected chi connectivity index (χ3v) is 4.72. The van der Waals surface area contributed by atoms with E-state index in [1.54, 1.807) is 0 Å². The minimum absolute atomic E-state index is 0.244. The second kappa shape index (κ2) is 5.25. The Morgan fingerprint density at radius 2 is 2.00 bits per heavy atom. The summed E-state index contributed by atoms with van der Waals surface area (Å²) >= 11 is 0. The van der Waals surface area contributed by atoms with Crippen molar-refractivity contribution in [2.45, 2.75) is 64.1 Å². The summed E-state index contributed by atoms with van der Waals surface area (Å²) in [5, 5.41) is 0. The fraction of sp³-hybridized carbons (Fsp3) is 1.00. The number of hydrogen-bond acceptors (Lipinski definition) is 3. The maximum absolute atomic E-state index is 6.07. The highest BCUT2D eigenvalue weighted by molar-refractivity contribution is 5.06. The normalized spacial score (nSPS) is 43.4. The lowest BCUT2D eigenvalue weighted by atomic mass is 9.70. The van der Waals surface area contributed by atoms with Gasteiger partial charge in [0.2, 0.25) is 0 Å². The average molecular weight is 240 g/mol. The lowest BCUT2D eigenvalue weighted by molar-refractivity contribution is -0.123. The number of piperidine rings is 1. The largest absolute Gasteiger partial charge is 0.378 e. The Hall–Kier alpha value is -0.120. The minimum atomic E-state index is 0.244. The first-order chi connectivity index (χ1) is 8.11. The van der Waals surface area contributed by atoms with E-state index in [0.717, 1.165) is 31.9 Å². The van der Waals surface area contributed by atoms with Gasteiger partial charge in [0.15, 0.2) is 0 Å². The van der Waals surface area contributed by atoms with Crippen LogP contribution in [0.2, 0.25) is 0 Å². The molecule has 1 saturated heterocycles. The van der Waals surface area contributed by atoms with Crippen LogP contribution in [0.5, 0.6) is 0 Å². The van der Waals surface area contributed by atoms with Crippen molar-refractivity contribution >= 4 is 0 Å². The number of hydrogen-bond donors (Lipinski definition) is 1. The van der Waals surface area contributed by atoms with Crippen molar-refractivity contribution in [3.8, 4) is 0 Å². The molecule has 1 aliphatic heterocycles. The van der Waals surface area contributed by atoms with Crippen molar-refractivity contribution in [3.05, 3.63) is 0 Å². The summed E-state index contributed by atoms with van der Waals surface area (Å²) < 4.78 is 5.71. The van der Waals surface area contributed by atoms with Gasteiger partial charge in [0.05, 0.1) is 6.10 Å². The van der Waals surface area contributed by atoms with E-state index in [0.29, 0.717) is 12.1 Å². The number of ether oxygens (including phenoxy) is 1. The standard InChI is InChI=1S/C14H28N2O/c1-4-17-13-7-14(8-13,10-15)16-9-11(2)5-6-12(16)3/h11-13H,4-10,15H2,1-3H3. The predicted molar refractivity (Wildman–Crippen MR) is 71.0 cm³/mol. The molecule has 100 valence electrons. The van der Waals surface area contributed by atoms with E-state index in [2.05, 4.69) is 25.7 Å². The second-order valence-electron chi connectivity index (χ2n) is 6.10. The first-order valence-corrected chi connectivity index (χ1v) is 7.19. The Labute approximate surface area is 106 Å². The monoisotopic (exact) mass is 240 g/mol. The molecule has 3 heteroatoms. The SMILES string of the molecule is CCOC1CC(CN)(N2CC(C)CCC2C)C1. The van der Waals surface area contributed by atoms with Crippen LogP contribution in [-0.4, -0.2) is 42.3 Å². The molecule has 0 aromatic carbocycles. The highest BCUT2D eigenvalue weighted by Crippen LogP contribution is 2.42. The van der Waals surface area contributed by atoms with Crippen molar-refractivity contribution in [2.75, 3.05) is 19.7 Å². The molecular weight excluding hydrogens is 212 g/mol. The van der Waals surface area contributed by atoms with Crippen molar-refractivity contribution in [3.63, 3.8) is 0 Å². The van der Waals surface area contributed by atoms with Crippen LogP contribution < -0.4 is 5.73 Å². The van der Waals surface area contributed by atoms with E-state index in [9.17, 15) is 0 Å². The molecule has 17 heavy (non-hydrogen) atoms. The molecule has 0 aromatic heterocycles. The Balaban J connectivity index is 1.98. The van der Waals surface area contributed by atoms with Crippen molar-refractivity contribution in [1.29, 1.82) is 0 Å². The molecule has 1 aliphatic carbocycles. The van der Waals surface area contributed by atoms with Crippen LogP contribution >= 0.6 is 0 Å². The van der Waals surface area contributed by atoms with Crippen molar-refractivity contribution < 1.29 is 4.74 Å². The van der Waals surface area contributed by atoms with Gasteiger partial charge < -0.3 is 10.5 Å². The van der Waals surface area contributed by atoms with Crippen molar-refractivity contribution in [1.82, 2.24) is 4.90 Å². The summed E-state index contributed by atoms with van der Waals surface area (Å²) in [5.41, 5.74) is 6.31. The summed E-state index contributed by atoms with van der Waals surface area (Å²) in [4.78, 5) is 2.68. The Bertz CT molecular complexity index is 251. The summed E-state index contributed by atoms with van der Waals surface area (Å²) in [7, 11) is 0. The molecule has 3 nitrogen and oxygen atoms in total. The molecule has 0 bridgehead atoms. The highest BCUT2D eigenvalue weighted by Gasteiger charge is 2.50. The van der Waals surface area contributed by atoms with Gasteiger partial charge in [0.1, 0.15) is 0 Å². The van der Waals surface area contributed by atoms with Gasteiger partial charge in [-0.05, 0) is 45.4 Å². The third-order valence-electron chi connectivity index (χ3n) is 4.72. The topological polar surface area (TPSA) is 38.5 Å². The highest BCUT2D eigenvalue weighted by atomic mass is 16.5. The van der Waals surface area contributed by atoms with E-state index >= 15 is 0 Å². The molecule has 0 amide bonds. The van der Waals surface area contributed by atoms with E-state index in [4.69, 9.17) is 10.5 Å². The zero-order valence-corrected chi connectivity index (χ0v) is 11.6. The summed E-state index contributed by atoms with van der Waals surface area (Å²) in [6, 6.07) is 0.692. The molecule has 2 aliphatic rings. The fourth-order valence-corrected chi connectivity index (χ4v) is 3.61. The first-order valence-electron chi connectivity index (χ1n) is 7.19. The maximum Gasteiger partial charge on any atom is 0.0611 e. The smallest absolute Gasteiger partial charge is 0.0611 e. The van der Waals surface area contributed by atoms with Crippen LogP contribution in [0.4, 0.5) is 0 Å². The van der Waals surface area contributed by atoms with Gasteiger partial charge in [-0.3, -0.25) is 4.90 Å². The van der Waals surface area contributed by atoms with Crippen molar-refractivity contribution in [2.24, 2.45) is 11.7 Å². The lowest BCUT2D eigenvalue weighted by Gasteiger charge is -2.57. The van der Waals surface area contributed by atoms with Gasteiger partial charge in [0, 0.05) is 31.3 Å². The quantitative estimate of drug-likeness (QED) is 0.817. The maximum atomic E-state index is 6.07. The number of likely N-dealkylation sites (tertiary alicyclic amines) is 1. The van der Waals surface area contributed by atoms with E-state index < -0.39 is 0 Å². The molecule has 2 N–H and O–H groups in total. The first kappa shape index (κ1) is 13.3. The predicted octanol–water partition coefficient (Wildman–Crippen LogP) is 2.00. The molecule has 2 atom stereocenters. The van der Waals surface area contributed by atoms with E-state index in [1.807, 2.05) is 0 Å². The fourth-order valence-electron chi connectivity index (χ4n) is 3.61.